The molecule has 0 bridgehead atoms. The van der Waals surface area contributed by atoms with Crippen molar-refractivity contribution in [3.05, 3.63) is 94.7 Å². The Labute approximate surface area is 193 Å². The number of aryl methyl sites for hydroxylation is 1. The zero-order valence-corrected chi connectivity index (χ0v) is 18.7. The van der Waals surface area contributed by atoms with Crippen LogP contribution < -0.4 is 5.32 Å². The van der Waals surface area contributed by atoms with Gasteiger partial charge in [0.1, 0.15) is 0 Å². The van der Waals surface area contributed by atoms with Crippen molar-refractivity contribution in [2.24, 2.45) is 0 Å². The Balaban J connectivity index is 1.51. The number of hydrogen-bond donors (Lipinski definition) is 1. The van der Waals surface area contributed by atoms with Crippen LogP contribution in [0.25, 0.3) is 17.1 Å². The summed E-state index contributed by atoms with van der Waals surface area (Å²) >= 11 is 3.38. The molecule has 4 aromatic rings. The molecule has 4 rings (SSSR count). The molecular weight excluding hydrogens is 472 g/mol. The Hall–Kier alpha value is -3.78. The molecule has 0 unspecified atom stereocenters. The third-order valence-electron chi connectivity index (χ3n) is 4.62. The fourth-order valence-corrected chi connectivity index (χ4v) is 3.55. The number of rotatable bonds is 6. The van der Waals surface area contributed by atoms with Crippen molar-refractivity contribution in [2.45, 2.75) is 6.92 Å². The number of carbonyl (C=O) groups is 2. The molecule has 0 saturated heterocycles. The molecule has 7 nitrogen and oxygen atoms in total. The molecule has 0 aliphatic carbocycles. The molecule has 0 fully saturated rings. The summed E-state index contributed by atoms with van der Waals surface area (Å²) in [6.07, 6.45) is 0. The van der Waals surface area contributed by atoms with Crippen LogP contribution in [-0.4, -0.2) is 33.2 Å². The molecular formula is C24H19BrN4O3. The van der Waals surface area contributed by atoms with Crippen LogP contribution in [0, 0.1) is 6.92 Å². The lowest BCUT2D eigenvalue weighted by atomic mass is 10.2. The summed E-state index contributed by atoms with van der Waals surface area (Å²) in [6.45, 7) is 1.42. The van der Waals surface area contributed by atoms with Crippen molar-refractivity contribution < 1.29 is 14.3 Å². The summed E-state index contributed by atoms with van der Waals surface area (Å²) in [5, 5.41) is 7.07. The highest BCUT2D eigenvalue weighted by Gasteiger charge is 2.21. The lowest BCUT2D eigenvalue weighted by Gasteiger charge is -2.08. The maximum absolute atomic E-state index is 12.6. The van der Waals surface area contributed by atoms with Crippen LogP contribution >= 0.6 is 15.9 Å². The fourth-order valence-electron chi connectivity index (χ4n) is 3.07. The zero-order valence-electron chi connectivity index (χ0n) is 17.2. The third-order valence-corrected chi connectivity index (χ3v) is 5.11. The van der Waals surface area contributed by atoms with Gasteiger partial charge in [-0.25, -0.2) is 14.5 Å². The number of ether oxygens (including phenoxy) is 1. The first-order valence-corrected chi connectivity index (χ1v) is 10.6. The number of para-hydroxylation sites is 1. The average Bonchev–Trinajstić information content (AvgIpc) is 3.26. The molecule has 0 radical (unpaired) electrons. The normalized spacial score (nSPS) is 10.6. The summed E-state index contributed by atoms with van der Waals surface area (Å²) in [5.41, 5.74) is 3.08. The minimum absolute atomic E-state index is 0.125. The van der Waals surface area contributed by atoms with Gasteiger partial charge in [-0.05, 0) is 42.8 Å². The summed E-state index contributed by atoms with van der Waals surface area (Å²) in [7, 11) is 0. The minimum Gasteiger partial charge on any atom is -0.450 e. The van der Waals surface area contributed by atoms with E-state index >= 15 is 0 Å². The Morgan fingerprint density at radius 1 is 1.00 bits per heavy atom. The van der Waals surface area contributed by atoms with Crippen LogP contribution in [0.15, 0.2) is 83.3 Å². The van der Waals surface area contributed by atoms with Gasteiger partial charge >= 0.3 is 5.97 Å². The van der Waals surface area contributed by atoms with Gasteiger partial charge < -0.3 is 10.1 Å². The third kappa shape index (κ3) is 4.92. The summed E-state index contributed by atoms with van der Waals surface area (Å²) in [4.78, 5) is 29.2. The molecule has 0 aliphatic heterocycles. The van der Waals surface area contributed by atoms with Crippen molar-refractivity contribution in [3.8, 4) is 17.1 Å². The highest BCUT2D eigenvalue weighted by Crippen LogP contribution is 2.22. The fraction of sp³-hybridized carbons (Fsp3) is 0.0833. The van der Waals surface area contributed by atoms with Gasteiger partial charge in [0, 0.05) is 15.7 Å². The molecule has 1 amide bonds. The van der Waals surface area contributed by atoms with Crippen LogP contribution in [0.5, 0.6) is 0 Å². The molecule has 0 atom stereocenters. The lowest BCUT2D eigenvalue weighted by molar-refractivity contribution is -0.119. The first kappa shape index (κ1) is 21.5. The Bertz CT molecular complexity index is 1200. The van der Waals surface area contributed by atoms with E-state index in [4.69, 9.17) is 4.74 Å². The van der Waals surface area contributed by atoms with Crippen molar-refractivity contribution >= 4 is 33.5 Å². The number of benzene rings is 3. The van der Waals surface area contributed by atoms with E-state index in [9.17, 15) is 9.59 Å². The first-order chi connectivity index (χ1) is 15.5. The maximum Gasteiger partial charge on any atom is 0.378 e. The smallest absolute Gasteiger partial charge is 0.378 e. The topological polar surface area (TPSA) is 86.1 Å². The van der Waals surface area contributed by atoms with Gasteiger partial charge in [-0.3, -0.25) is 4.79 Å². The molecule has 1 aromatic heterocycles. The van der Waals surface area contributed by atoms with E-state index in [1.807, 2.05) is 79.7 Å². The van der Waals surface area contributed by atoms with Gasteiger partial charge in [0.25, 0.3) is 11.7 Å². The molecule has 0 saturated carbocycles. The predicted molar refractivity (Wildman–Crippen MR) is 125 cm³/mol. The second kappa shape index (κ2) is 9.57. The standard InChI is InChI=1S/C24H19BrN4O3/c1-16-14-18(25)12-13-20(16)26-21(30)15-32-24(31)22-27-23(17-8-4-2-5-9-17)29(28-22)19-10-6-3-7-11-19/h2-14H,15H2,1H3,(H,26,30). The second-order valence-corrected chi connectivity index (χ2v) is 7.87. The molecule has 0 aliphatic rings. The zero-order chi connectivity index (χ0) is 22.5. The Kier molecular flexibility index (Phi) is 6.42. The van der Waals surface area contributed by atoms with Crippen molar-refractivity contribution in [3.63, 3.8) is 0 Å². The summed E-state index contributed by atoms with van der Waals surface area (Å²) in [5.74, 6) is -0.854. The minimum atomic E-state index is -0.778. The van der Waals surface area contributed by atoms with Crippen molar-refractivity contribution in [2.75, 3.05) is 11.9 Å². The largest absolute Gasteiger partial charge is 0.450 e. The Morgan fingerprint density at radius 2 is 1.69 bits per heavy atom. The van der Waals surface area contributed by atoms with Crippen LogP contribution in [0.3, 0.4) is 0 Å². The van der Waals surface area contributed by atoms with E-state index in [1.165, 1.54) is 0 Å². The predicted octanol–water partition coefficient (Wildman–Crippen LogP) is 4.80. The number of aromatic nitrogens is 3. The van der Waals surface area contributed by atoms with Gasteiger partial charge in [0.05, 0.1) is 5.69 Å². The summed E-state index contributed by atoms with van der Waals surface area (Å²) in [6, 6.07) is 24.3. The van der Waals surface area contributed by atoms with Crippen LogP contribution in [0.2, 0.25) is 0 Å². The quantitative estimate of drug-likeness (QED) is 0.392. The van der Waals surface area contributed by atoms with Crippen molar-refractivity contribution in [1.29, 1.82) is 0 Å². The number of amides is 1. The van der Waals surface area contributed by atoms with Gasteiger partial charge in [0.15, 0.2) is 12.4 Å². The van der Waals surface area contributed by atoms with Gasteiger partial charge in [-0.2, -0.15) is 0 Å². The number of nitrogens with zero attached hydrogens (tertiary/aromatic N) is 3. The Morgan fingerprint density at radius 3 is 2.38 bits per heavy atom. The number of esters is 1. The average molecular weight is 491 g/mol. The van der Waals surface area contributed by atoms with E-state index in [0.717, 1.165) is 21.3 Å². The van der Waals surface area contributed by atoms with Crippen LogP contribution in [0.4, 0.5) is 5.69 Å². The van der Waals surface area contributed by atoms with E-state index in [-0.39, 0.29) is 5.82 Å². The highest BCUT2D eigenvalue weighted by molar-refractivity contribution is 9.10. The van der Waals surface area contributed by atoms with Gasteiger partial charge in [-0.15, -0.1) is 5.10 Å². The molecule has 8 heteroatoms. The number of anilines is 1. The molecule has 1 heterocycles. The number of nitrogens with one attached hydrogen (secondary N) is 1. The van der Waals surface area contributed by atoms with E-state index in [0.29, 0.717) is 11.5 Å². The molecule has 160 valence electrons. The number of hydrogen-bond acceptors (Lipinski definition) is 5. The molecule has 0 spiro atoms. The van der Waals surface area contributed by atoms with Gasteiger partial charge in [0.2, 0.25) is 0 Å². The SMILES string of the molecule is Cc1cc(Br)ccc1NC(=O)COC(=O)c1nc(-c2ccccc2)n(-c2ccccc2)n1. The van der Waals surface area contributed by atoms with Crippen molar-refractivity contribution in [1.82, 2.24) is 14.8 Å². The maximum atomic E-state index is 12.6. The monoisotopic (exact) mass is 490 g/mol. The molecule has 32 heavy (non-hydrogen) atoms. The highest BCUT2D eigenvalue weighted by atomic mass is 79.9. The van der Waals surface area contributed by atoms with E-state index < -0.39 is 18.5 Å². The van der Waals surface area contributed by atoms with Gasteiger partial charge in [-0.1, -0.05) is 64.5 Å². The first-order valence-electron chi connectivity index (χ1n) is 9.82. The second-order valence-electron chi connectivity index (χ2n) is 6.96. The molecule has 1 N–H and O–H groups in total. The molecule has 3 aromatic carbocycles. The number of halogens is 1. The van der Waals surface area contributed by atoms with Crippen LogP contribution in [-0.2, 0) is 9.53 Å². The van der Waals surface area contributed by atoms with Crippen LogP contribution in [0.1, 0.15) is 16.2 Å². The van der Waals surface area contributed by atoms with E-state index in [2.05, 4.69) is 31.3 Å². The number of carbonyl (C=O) groups excluding carboxylic acids is 2. The summed E-state index contributed by atoms with van der Waals surface area (Å²) < 4.78 is 7.66. The lowest BCUT2D eigenvalue weighted by Crippen LogP contribution is -2.22. The van der Waals surface area contributed by atoms with E-state index in [1.54, 1.807) is 10.7 Å².